The molecule has 2 heterocycles. The van der Waals surface area contributed by atoms with E-state index < -0.39 is 11.0 Å². The first-order valence-electron chi connectivity index (χ1n) is 12.6. The number of nitro benzene ring substituents is 1. The van der Waals surface area contributed by atoms with E-state index in [-0.39, 0.29) is 23.8 Å². The minimum absolute atomic E-state index is 0.0930. The third-order valence-electron chi connectivity index (χ3n) is 6.25. The number of aromatic nitrogens is 1. The Morgan fingerprint density at radius 1 is 1.05 bits per heavy atom. The van der Waals surface area contributed by atoms with Gasteiger partial charge in [0.2, 0.25) is 0 Å². The van der Waals surface area contributed by atoms with Crippen molar-refractivity contribution in [1.82, 2.24) is 9.88 Å². The van der Waals surface area contributed by atoms with Crippen LogP contribution in [-0.4, -0.2) is 48.4 Å². The van der Waals surface area contributed by atoms with Gasteiger partial charge in [-0.05, 0) is 54.1 Å². The number of amides is 1. The van der Waals surface area contributed by atoms with Gasteiger partial charge in [-0.2, -0.15) is 0 Å². The molecule has 1 amide bonds. The van der Waals surface area contributed by atoms with Gasteiger partial charge in [-0.25, -0.2) is 14.2 Å². The van der Waals surface area contributed by atoms with E-state index in [1.807, 2.05) is 9.95 Å². The Balaban J connectivity index is 1.33. The molecule has 0 radical (unpaired) electrons. The summed E-state index contributed by atoms with van der Waals surface area (Å²) in [5.74, 6) is -0.144. The predicted molar refractivity (Wildman–Crippen MR) is 150 cm³/mol. The number of non-ortho nitro benzene ring substituents is 1. The zero-order valence-corrected chi connectivity index (χ0v) is 22.2. The number of halogens is 1. The molecule has 4 aromatic rings. The highest BCUT2D eigenvalue weighted by Gasteiger charge is 2.14. The lowest BCUT2D eigenvalue weighted by atomic mass is 10.1. The summed E-state index contributed by atoms with van der Waals surface area (Å²) < 4.78 is 26.1. The molecule has 0 atom stereocenters. The number of anilines is 1. The molecule has 0 unspecified atom stereocenters. The maximum Gasteiger partial charge on any atom is 0.412 e. The Kier molecular flexibility index (Phi) is 8.47. The van der Waals surface area contributed by atoms with Gasteiger partial charge in [-0.1, -0.05) is 12.1 Å². The van der Waals surface area contributed by atoms with Crippen LogP contribution in [0.15, 0.2) is 83.2 Å². The minimum atomic E-state index is -0.682. The lowest BCUT2D eigenvalue weighted by Gasteiger charge is -2.28. The van der Waals surface area contributed by atoms with Crippen molar-refractivity contribution in [3.63, 3.8) is 0 Å². The molecule has 10 nitrogen and oxygen atoms in total. The maximum atomic E-state index is 13.4. The first-order valence-corrected chi connectivity index (χ1v) is 13.5. The van der Waals surface area contributed by atoms with Gasteiger partial charge in [-0.15, -0.1) is 11.3 Å². The van der Waals surface area contributed by atoms with Gasteiger partial charge in [0.25, 0.3) is 5.69 Å². The second kappa shape index (κ2) is 12.5. The Labute approximate surface area is 233 Å². The number of nitrogens with zero attached hydrogens (tertiary/aromatic N) is 4. The Morgan fingerprint density at radius 2 is 1.75 bits per heavy atom. The van der Waals surface area contributed by atoms with Crippen molar-refractivity contribution in [2.75, 3.05) is 37.7 Å². The summed E-state index contributed by atoms with van der Waals surface area (Å²) in [4.78, 5) is 30.3. The fourth-order valence-corrected chi connectivity index (χ4v) is 5.16. The summed E-state index contributed by atoms with van der Waals surface area (Å²) in [6.07, 6.45) is -0.682. The molecule has 1 fully saturated rings. The van der Waals surface area contributed by atoms with Crippen molar-refractivity contribution in [2.24, 2.45) is 4.99 Å². The molecule has 1 aromatic heterocycles. The van der Waals surface area contributed by atoms with E-state index in [9.17, 15) is 19.3 Å². The maximum absolute atomic E-state index is 13.4. The lowest BCUT2D eigenvalue weighted by Crippen LogP contribution is -2.36. The molecule has 0 aliphatic carbocycles. The molecule has 12 heteroatoms. The highest BCUT2D eigenvalue weighted by Crippen LogP contribution is 2.25. The van der Waals surface area contributed by atoms with E-state index in [1.165, 1.54) is 47.7 Å². The molecule has 1 aliphatic rings. The number of carbonyl (C=O) groups excluding carboxylic acids is 1. The van der Waals surface area contributed by atoms with E-state index in [2.05, 4.69) is 34.5 Å². The van der Waals surface area contributed by atoms with Crippen LogP contribution in [0.3, 0.4) is 0 Å². The van der Waals surface area contributed by atoms with Crippen LogP contribution in [-0.2, 0) is 11.3 Å². The number of benzene rings is 3. The zero-order chi connectivity index (χ0) is 27.9. The molecule has 3 aromatic carbocycles. The topological polar surface area (TPSA) is 111 Å². The van der Waals surface area contributed by atoms with Crippen molar-refractivity contribution >= 4 is 34.5 Å². The molecule has 0 saturated carbocycles. The number of hydrogen-bond donors (Lipinski definition) is 1. The van der Waals surface area contributed by atoms with Crippen molar-refractivity contribution in [1.29, 1.82) is 0 Å². The first kappa shape index (κ1) is 27.0. The number of morpholine rings is 1. The van der Waals surface area contributed by atoms with E-state index >= 15 is 0 Å². The van der Waals surface area contributed by atoms with Gasteiger partial charge in [0.05, 0.1) is 29.5 Å². The summed E-state index contributed by atoms with van der Waals surface area (Å²) in [6, 6.07) is 19.5. The molecule has 1 saturated heterocycles. The first-order chi connectivity index (χ1) is 19.5. The summed E-state index contributed by atoms with van der Waals surface area (Å²) in [7, 11) is 0. The van der Waals surface area contributed by atoms with Gasteiger partial charge >= 0.3 is 6.09 Å². The fraction of sp³-hybridized carbons (Fsp3) is 0.214. The summed E-state index contributed by atoms with van der Waals surface area (Å²) in [6.45, 7) is 3.73. The molecule has 1 N–H and O–H groups in total. The molecule has 0 spiro atoms. The van der Waals surface area contributed by atoms with Crippen LogP contribution in [0.25, 0.3) is 11.3 Å². The molecule has 40 heavy (non-hydrogen) atoms. The van der Waals surface area contributed by atoms with Gasteiger partial charge in [0, 0.05) is 49.4 Å². The van der Waals surface area contributed by atoms with Crippen LogP contribution in [0.2, 0.25) is 0 Å². The molecule has 1 aliphatic heterocycles. The quantitative estimate of drug-likeness (QED) is 0.235. The van der Waals surface area contributed by atoms with Crippen molar-refractivity contribution in [3.8, 4) is 17.0 Å². The molecule has 5 rings (SSSR count). The average Bonchev–Trinajstić information content (AvgIpc) is 3.37. The van der Waals surface area contributed by atoms with Crippen LogP contribution in [0.4, 0.5) is 26.2 Å². The second-order valence-corrected chi connectivity index (χ2v) is 9.69. The van der Waals surface area contributed by atoms with Crippen LogP contribution in [0.1, 0.15) is 0 Å². The van der Waals surface area contributed by atoms with Crippen LogP contribution in [0, 0.1) is 15.9 Å². The average molecular weight is 564 g/mol. The SMILES string of the molecule is O=C(NCCn1c(-c2ccc(N3CCOCC3)cc2)csc1=Nc1ccc(F)cc1)Oc1ccc([N+](=O)[O-])cc1. The van der Waals surface area contributed by atoms with E-state index in [4.69, 9.17) is 14.5 Å². The number of carbonyl (C=O) groups is 1. The van der Waals surface area contributed by atoms with Crippen molar-refractivity contribution < 1.29 is 23.6 Å². The third kappa shape index (κ3) is 6.71. The van der Waals surface area contributed by atoms with E-state index in [0.29, 0.717) is 30.2 Å². The number of nitro groups is 1. The summed E-state index contributed by atoms with van der Waals surface area (Å²) in [5.41, 5.74) is 3.55. The van der Waals surface area contributed by atoms with E-state index in [0.717, 1.165) is 30.0 Å². The van der Waals surface area contributed by atoms with Crippen LogP contribution in [0.5, 0.6) is 5.75 Å². The largest absolute Gasteiger partial charge is 0.412 e. The second-order valence-electron chi connectivity index (χ2n) is 8.86. The highest BCUT2D eigenvalue weighted by atomic mass is 32.1. The normalized spacial score (nSPS) is 13.7. The monoisotopic (exact) mass is 563 g/mol. The number of rotatable bonds is 8. The van der Waals surface area contributed by atoms with Gasteiger partial charge < -0.3 is 24.3 Å². The minimum Gasteiger partial charge on any atom is -0.410 e. The smallest absolute Gasteiger partial charge is 0.410 e. The van der Waals surface area contributed by atoms with Crippen LogP contribution < -0.4 is 19.8 Å². The van der Waals surface area contributed by atoms with Gasteiger partial charge in [0.15, 0.2) is 4.80 Å². The molecule has 206 valence electrons. The number of ether oxygens (including phenoxy) is 2. The predicted octanol–water partition coefficient (Wildman–Crippen LogP) is 5.12. The Hall–Kier alpha value is -4.55. The van der Waals surface area contributed by atoms with Gasteiger partial charge in [0.1, 0.15) is 11.6 Å². The summed E-state index contributed by atoms with van der Waals surface area (Å²) >= 11 is 1.44. The molecule has 0 bridgehead atoms. The summed E-state index contributed by atoms with van der Waals surface area (Å²) in [5, 5.41) is 15.5. The Bertz CT molecular complexity index is 1530. The number of nitrogens with one attached hydrogen (secondary N) is 1. The number of thiazole rings is 1. The molecular weight excluding hydrogens is 537 g/mol. The fourth-order valence-electron chi connectivity index (χ4n) is 4.20. The molecular formula is C28H26FN5O5S. The van der Waals surface area contributed by atoms with E-state index in [1.54, 1.807) is 12.1 Å². The lowest BCUT2D eigenvalue weighted by molar-refractivity contribution is -0.384. The number of hydrogen-bond acceptors (Lipinski definition) is 8. The zero-order valence-electron chi connectivity index (χ0n) is 21.4. The Morgan fingerprint density at radius 3 is 2.42 bits per heavy atom. The van der Waals surface area contributed by atoms with Gasteiger partial charge in [-0.3, -0.25) is 10.1 Å². The van der Waals surface area contributed by atoms with Crippen LogP contribution >= 0.6 is 11.3 Å². The third-order valence-corrected chi connectivity index (χ3v) is 7.11. The standard InChI is InChI=1S/C28H26FN5O5S/c29-21-3-5-22(6-4-21)31-27-33(14-13-30-28(35)39-25-11-9-24(10-12-25)34(36)37)26(19-40-27)20-1-7-23(8-2-20)32-15-17-38-18-16-32/h1-12,19H,13-18H2,(H,30,35). The van der Waals surface area contributed by atoms with Crippen molar-refractivity contribution in [2.45, 2.75) is 6.54 Å². The highest BCUT2D eigenvalue weighted by molar-refractivity contribution is 7.07. The van der Waals surface area contributed by atoms with Crippen molar-refractivity contribution in [3.05, 3.63) is 98.9 Å².